The Morgan fingerprint density at radius 2 is 2.44 bits per heavy atom. The van der Waals surface area contributed by atoms with Crippen LogP contribution >= 0.6 is 0 Å². The fraction of sp³-hybridized carbons (Fsp3) is 0.692. The quantitative estimate of drug-likeness (QED) is 0.718. The minimum atomic E-state index is -0.636. The molecule has 0 amide bonds. The number of aromatic nitrogens is 2. The van der Waals surface area contributed by atoms with Gasteiger partial charge in [0.15, 0.2) is 0 Å². The molecule has 2 rings (SSSR count). The molecule has 0 unspecified atom stereocenters. The summed E-state index contributed by atoms with van der Waals surface area (Å²) < 4.78 is 1.90. The van der Waals surface area contributed by atoms with E-state index in [0.717, 1.165) is 45.3 Å². The van der Waals surface area contributed by atoms with Gasteiger partial charge in [-0.25, -0.2) is 0 Å². The van der Waals surface area contributed by atoms with Crippen molar-refractivity contribution in [2.75, 3.05) is 13.1 Å². The van der Waals surface area contributed by atoms with Crippen molar-refractivity contribution in [3.05, 3.63) is 18.5 Å². The average Bonchev–Trinajstić information content (AvgIpc) is 3.00. The standard InChI is InChI=1S/C13H21N3O2/c17-13(18)12(11-5-7-14-10-11)4-1-2-8-16-9-3-6-15-16/h3,6,9,11-12,14H,1-2,4-5,7-8,10H2,(H,17,18)/t11-,12-/m0/s1. The molecule has 0 spiro atoms. The minimum Gasteiger partial charge on any atom is -0.481 e. The van der Waals surface area contributed by atoms with E-state index >= 15 is 0 Å². The predicted molar refractivity (Wildman–Crippen MR) is 68.2 cm³/mol. The number of hydrogen-bond donors (Lipinski definition) is 2. The van der Waals surface area contributed by atoms with Crippen molar-refractivity contribution in [2.24, 2.45) is 11.8 Å². The largest absolute Gasteiger partial charge is 0.481 e. The highest BCUT2D eigenvalue weighted by Crippen LogP contribution is 2.24. The average molecular weight is 251 g/mol. The van der Waals surface area contributed by atoms with E-state index in [1.165, 1.54) is 0 Å². The van der Waals surface area contributed by atoms with E-state index in [4.69, 9.17) is 0 Å². The molecule has 0 saturated carbocycles. The number of nitrogens with zero attached hydrogens (tertiary/aromatic N) is 2. The number of aliphatic carboxylic acids is 1. The molecule has 5 nitrogen and oxygen atoms in total. The van der Waals surface area contributed by atoms with Crippen LogP contribution in [0.2, 0.25) is 0 Å². The molecule has 2 heterocycles. The lowest BCUT2D eigenvalue weighted by molar-refractivity contribution is -0.143. The maximum Gasteiger partial charge on any atom is 0.306 e. The summed E-state index contributed by atoms with van der Waals surface area (Å²) in [7, 11) is 0. The second-order valence-electron chi connectivity index (χ2n) is 4.96. The maximum absolute atomic E-state index is 11.3. The molecule has 1 aromatic heterocycles. The predicted octanol–water partition coefficient (Wildman–Crippen LogP) is 1.36. The van der Waals surface area contributed by atoms with Gasteiger partial charge < -0.3 is 10.4 Å². The molecule has 0 aromatic carbocycles. The van der Waals surface area contributed by atoms with Crippen LogP contribution in [0, 0.1) is 11.8 Å². The molecular weight excluding hydrogens is 230 g/mol. The molecular formula is C13H21N3O2. The summed E-state index contributed by atoms with van der Waals surface area (Å²) in [5, 5.41) is 16.7. The normalized spacial score (nSPS) is 21.0. The zero-order valence-electron chi connectivity index (χ0n) is 10.6. The van der Waals surface area contributed by atoms with Gasteiger partial charge in [0.2, 0.25) is 0 Å². The Balaban J connectivity index is 1.70. The van der Waals surface area contributed by atoms with Crippen molar-refractivity contribution in [3.63, 3.8) is 0 Å². The van der Waals surface area contributed by atoms with Crippen LogP contribution in [0.3, 0.4) is 0 Å². The maximum atomic E-state index is 11.3. The number of aryl methyl sites for hydroxylation is 1. The van der Waals surface area contributed by atoms with Gasteiger partial charge in [-0.2, -0.15) is 5.10 Å². The van der Waals surface area contributed by atoms with E-state index in [9.17, 15) is 9.90 Å². The molecule has 1 saturated heterocycles. The monoisotopic (exact) mass is 251 g/mol. The van der Waals surface area contributed by atoms with Crippen LogP contribution < -0.4 is 5.32 Å². The van der Waals surface area contributed by atoms with Gasteiger partial charge in [0.1, 0.15) is 0 Å². The van der Waals surface area contributed by atoms with Crippen LogP contribution in [-0.4, -0.2) is 33.9 Å². The molecule has 1 fully saturated rings. The molecule has 5 heteroatoms. The lowest BCUT2D eigenvalue weighted by Crippen LogP contribution is -2.25. The Bertz CT molecular complexity index is 358. The Hall–Kier alpha value is -1.36. The summed E-state index contributed by atoms with van der Waals surface area (Å²) in [5.41, 5.74) is 0. The fourth-order valence-corrected chi connectivity index (χ4v) is 2.65. The highest BCUT2D eigenvalue weighted by molar-refractivity contribution is 5.70. The lowest BCUT2D eigenvalue weighted by Gasteiger charge is -2.18. The van der Waals surface area contributed by atoms with Gasteiger partial charge in [0.05, 0.1) is 5.92 Å². The molecule has 0 radical (unpaired) electrons. The van der Waals surface area contributed by atoms with Gasteiger partial charge in [-0.1, -0.05) is 6.42 Å². The van der Waals surface area contributed by atoms with E-state index in [1.54, 1.807) is 6.20 Å². The topological polar surface area (TPSA) is 67.1 Å². The van der Waals surface area contributed by atoms with Crippen molar-refractivity contribution < 1.29 is 9.90 Å². The van der Waals surface area contributed by atoms with Crippen LogP contribution in [0.25, 0.3) is 0 Å². The van der Waals surface area contributed by atoms with E-state index in [0.29, 0.717) is 5.92 Å². The number of rotatable bonds is 7. The molecule has 0 bridgehead atoms. The van der Waals surface area contributed by atoms with Crippen LogP contribution in [0.4, 0.5) is 0 Å². The molecule has 1 aliphatic rings. The van der Waals surface area contributed by atoms with Gasteiger partial charge >= 0.3 is 5.97 Å². The Morgan fingerprint density at radius 3 is 3.06 bits per heavy atom. The number of carboxylic acid groups (broad SMARTS) is 1. The van der Waals surface area contributed by atoms with Crippen LogP contribution in [-0.2, 0) is 11.3 Å². The molecule has 0 aliphatic carbocycles. The summed E-state index contributed by atoms with van der Waals surface area (Å²) in [6, 6.07) is 1.91. The number of unbranched alkanes of at least 4 members (excludes halogenated alkanes) is 1. The molecule has 100 valence electrons. The zero-order valence-corrected chi connectivity index (χ0v) is 10.6. The summed E-state index contributed by atoms with van der Waals surface area (Å²) >= 11 is 0. The van der Waals surface area contributed by atoms with Crippen LogP contribution in [0.15, 0.2) is 18.5 Å². The molecule has 1 aromatic rings. The zero-order chi connectivity index (χ0) is 12.8. The van der Waals surface area contributed by atoms with Crippen LogP contribution in [0.5, 0.6) is 0 Å². The summed E-state index contributed by atoms with van der Waals surface area (Å²) in [6.45, 7) is 2.69. The van der Waals surface area contributed by atoms with Gasteiger partial charge in [-0.15, -0.1) is 0 Å². The van der Waals surface area contributed by atoms with Crippen molar-refractivity contribution in [2.45, 2.75) is 32.2 Å². The second kappa shape index (κ2) is 6.54. The third kappa shape index (κ3) is 3.57. The summed E-state index contributed by atoms with van der Waals surface area (Å²) in [5.74, 6) is -0.507. The van der Waals surface area contributed by atoms with Crippen LogP contribution in [0.1, 0.15) is 25.7 Å². The Kier molecular flexibility index (Phi) is 4.75. The summed E-state index contributed by atoms with van der Waals surface area (Å²) in [6.07, 6.45) is 7.43. The number of carboxylic acids is 1. The van der Waals surface area contributed by atoms with Crippen molar-refractivity contribution in [3.8, 4) is 0 Å². The Labute approximate surface area is 107 Å². The van der Waals surface area contributed by atoms with Gasteiger partial charge in [-0.05, 0) is 44.3 Å². The number of carbonyl (C=O) groups is 1. The van der Waals surface area contributed by atoms with E-state index in [2.05, 4.69) is 10.4 Å². The van der Waals surface area contributed by atoms with E-state index < -0.39 is 5.97 Å². The van der Waals surface area contributed by atoms with E-state index in [1.807, 2.05) is 16.9 Å². The molecule has 2 N–H and O–H groups in total. The van der Waals surface area contributed by atoms with Gasteiger partial charge in [0, 0.05) is 18.9 Å². The number of nitrogens with one attached hydrogen (secondary N) is 1. The van der Waals surface area contributed by atoms with Gasteiger partial charge in [0.25, 0.3) is 0 Å². The van der Waals surface area contributed by atoms with E-state index in [-0.39, 0.29) is 5.92 Å². The Morgan fingerprint density at radius 1 is 1.56 bits per heavy atom. The lowest BCUT2D eigenvalue weighted by atomic mass is 9.87. The first-order valence-electron chi connectivity index (χ1n) is 6.68. The van der Waals surface area contributed by atoms with Crippen molar-refractivity contribution in [1.29, 1.82) is 0 Å². The van der Waals surface area contributed by atoms with Crippen molar-refractivity contribution in [1.82, 2.24) is 15.1 Å². The second-order valence-corrected chi connectivity index (χ2v) is 4.96. The highest BCUT2D eigenvalue weighted by Gasteiger charge is 2.29. The molecule has 1 aliphatic heterocycles. The molecule has 2 atom stereocenters. The third-order valence-electron chi connectivity index (χ3n) is 3.70. The number of hydrogen-bond acceptors (Lipinski definition) is 3. The molecule has 18 heavy (non-hydrogen) atoms. The first-order chi connectivity index (χ1) is 8.77. The first-order valence-corrected chi connectivity index (χ1v) is 6.68. The SMILES string of the molecule is O=C(O)[C@@H](CCCCn1cccn1)[C@H]1CCNC1. The smallest absolute Gasteiger partial charge is 0.306 e. The third-order valence-corrected chi connectivity index (χ3v) is 3.70. The fourth-order valence-electron chi connectivity index (χ4n) is 2.65. The van der Waals surface area contributed by atoms with Crippen molar-refractivity contribution >= 4 is 5.97 Å². The highest BCUT2D eigenvalue weighted by atomic mass is 16.4. The van der Waals surface area contributed by atoms with Gasteiger partial charge in [-0.3, -0.25) is 9.48 Å². The minimum absolute atomic E-state index is 0.183. The summed E-state index contributed by atoms with van der Waals surface area (Å²) in [4.78, 5) is 11.3. The first kappa shape index (κ1) is 13.1.